The molecular formula is C14H19ClN2S. The Balaban J connectivity index is 2.09. The minimum absolute atomic E-state index is 0.350. The Morgan fingerprint density at radius 2 is 2.28 bits per heavy atom. The SMILES string of the molecule is CC1CCCC1CNc1cccc(Cl)c1C(N)=S. The molecule has 1 saturated carbocycles. The third-order valence-corrected chi connectivity index (χ3v) is 4.37. The highest BCUT2D eigenvalue weighted by Gasteiger charge is 2.23. The number of nitrogens with two attached hydrogens (primary N) is 1. The van der Waals surface area contributed by atoms with Crippen molar-refractivity contribution in [1.29, 1.82) is 0 Å². The van der Waals surface area contributed by atoms with Gasteiger partial charge >= 0.3 is 0 Å². The Bertz CT molecular complexity index is 447. The zero-order chi connectivity index (χ0) is 13.1. The van der Waals surface area contributed by atoms with Gasteiger partial charge in [-0.15, -0.1) is 0 Å². The molecule has 0 radical (unpaired) electrons. The number of anilines is 1. The molecule has 0 aliphatic heterocycles. The molecule has 18 heavy (non-hydrogen) atoms. The predicted octanol–water partition coefficient (Wildman–Crippen LogP) is 3.82. The van der Waals surface area contributed by atoms with E-state index in [0.29, 0.717) is 10.0 Å². The quantitative estimate of drug-likeness (QED) is 0.825. The number of thiocarbonyl (C=S) groups is 1. The average molecular weight is 283 g/mol. The summed E-state index contributed by atoms with van der Waals surface area (Å²) in [5, 5.41) is 4.07. The van der Waals surface area contributed by atoms with Crippen LogP contribution in [0.4, 0.5) is 5.69 Å². The van der Waals surface area contributed by atoms with Gasteiger partial charge in [0, 0.05) is 12.2 Å². The molecule has 3 N–H and O–H groups in total. The maximum Gasteiger partial charge on any atom is 0.107 e. The summed E-state index contributed by atoms with van der Waals surface area (Å²) in [5.41, 5.74) is 7.45. The van der Waals surface area contributed by atoms with Gasteiger partial charge in [-0.25, -0.2) is 0 Å². The molecule has 1 aromatic carbocycles. The molecule has 4 heteroatoms. The van der Waals surface area contributed by atoms with Crippen molar-refractivity contribution in [1.82, 2.24) is 0 Å². The first kappa shape index (κ1) is 13.6. The van der Waals surface area contributed by atoms with Crippen molar-refractivity contribution < 1.29 is 0 Å². The molecule has 2 nitrogen and oxygen atoms in total. The van der Waals surface area contributed by atoms with E-state index in [9.17, 15) is 0 Å². The first-order chi connectivity index (χ1) is 8.59. The van der Waals surface area contributed by atoms with Crippen LogP contribution in [0.25, 0.3) is 0 Å². The minimum Gasteiger partial charge on any atom is -0.389 e. The van der Waals surface area contributed by atoms with E-state index >= 15 is 0 Å². The first-order valence-corrected chi connectivity index (χ1v) is 7.20. The topological polar surface area (TPSA) is 38.0 Å². The van der Waals surface area contributed by atoms with Crippen LogP contribution in [0.1, 0.15) is 31.7 Å². The molecule has 0 saturated heterocycles. The summed E-state index contributed by atoms with van der Waals surface area (Å²) in [5.74, 6) is 1.54. The maximum absolute atomic E-state index is 6.14. The van der Waals surface area contributed by atoms with Crippen LogP contribution in [-0.4, -0.2) is 11.5 Å². The fraction of sp³-hybridized carbons (Fsp3) is 0.500. The Morgan fingerprint density at radius 3 is 2.89 bits per heavy atom. The van der Waals surface area contributed by atoms with Crippen LogP contribution in [0.15, 0.2) is 18.2 Å². The molecule has 0 heterocycles. The van der Waals surface area contributed by atoms with Gasteiger partial charge in [-0.2, -0.15) is 0 Å². The summed E-state index contributed by atoms with van der Waals surface area (Å²) < 4.78 is 0. The molecule has 2 unspecified atom stereocenters. The largest absolute Gasteiger partial charge is 0.389 e. The lowest BCUT2D eigenvalue weighted by Crippen LogP contribution is -2.19. The van der Waals surface area contributed by atoms with Crippen molar-refractivity contribution in [2.75, 3.05) is 11.9 Å². The Kier molecular flexibility index (Phi) is 4.46. The van der Waals surface area contributed by atoms with E-state index in [1.807, 2.05) is 18.2 Å². The number of halogens is 1. The normalized spacial score (nSPS) is 23.0. The third kappa shape index (κ3) is 2.96. The molecule has 2 rings (SSSR count). The predicted molar refractivity (Wildman–Crippen MR) is 82.3 cm³/mol. The van der Waals surface area contributed by atoms with Crippen LogP contribution in [0.5, 0.6) is 0 Å². The van der Waals surface area contributed by atoms with E-state index < -0.39 is 0 Å². The van der Waals surface area contributed by atoms with Gasteiger partial charge in [0.1, 0.15) is 4.99 Å². The fourth-order valence-corrected chi connectivity index (χ4v) is 3.24. The molecule has 1 aliphatic rings. The van der Waals surface area contributed by atoms with Crippen LogP contribution in [-0.2, 0) is 0 Å². The summed E-state index contributed by atoms with van der Waals surface area (Å²) in [6, 6.07) is 5.73. The van der Waals surface area contributed by atoms with Gasteiger partial charge in [-0.1, -0.05) is 49.7 Å². The zero-order valence-corrected chi connectivity index (χ0v) is 12.2. The van der Waals surface area contributed by atoms with Crippen LogP contribution in [0.3, 0.4) is 0 Å². The minimum atomic E-state index is 0.350. The van der Waals surface area contributed by atoms with Crippen LogP contribution in [0.2, 0.25) is 5.02 Å². The molecule has 1 aliphatic carbocycles. The highest BCUT2D eigenvalue weighted by Crippen LogP contribution is 2.32. The number of benzene rings is 1. The molecule has 1 aromatic rings. The lowest BCUT2D eigenvalue weighted by Gasteiger charge is -2.18. The van der Waals surface area contributed by atoms with Crippen LogP contribution < -0.4 is 11.1 Å². The van der Waals surface area contributed by atoms with E-state index in [2.05, 4.69) is 12.2 Å². The van der Waals surface area contributed by atoms with Gasteiger partial charge in [-0.05, 0) is 30.4 Å². The van der Waals surface area contributed by atoms with Gasteiger partial charge in [0.25, 0.3) is 0 Å². The highest BCUT2D eigenvalue weighted by molar-refractivity contribution is 7.80. The summed E-state index contributed by atoms with van der Waals surface area (Å²) in [6.45, 7) is 3.29. The molecule has 2 atom stereocenters. The molecule has 1 fully saturated rings. The Hall–Kier alpha value is -0.800. The van der Waals surface area contributed by atoms with Gasteiger partial charge in [-0.3, -0.25) is 0 Å². The van der Waals surface area contributed by atoms with Crippen molar-refractivity contribution in [3.8, 4) is 0 Å². The molecular weight excluding hydrogens is 264 g/mol. The molecule has 0 bridgehead atoms. The average Bonchev–Trinajstić information content (AvgIpc) is 2.71. The Labute approximate surface area is 119 Å². The number of hydrogen-bond acceptors (Lipinski definition) is 2. The molecule has 0 aromatic heterocycles. The summed E-state index contributed by atoms with van der Waals surface area (Å²) in [6.07, 6.45) is 3.98. The summed E-state index contributed by atoms with van der Waals surface area (Å²) in [4.78, 5) is 0.350. The number of hydrogen-bond donors (Lipinski definition) is 2. The van der Waals surface area contributed by atoms with Gasteiger partial charge in [0.2, 0.25) is 0 Å². The zero-order valence-electron chi connectivity index (χ0n) is 10.6. The standard InChI is InChI=1S/C14H19ClN2S/c1-9-4-2-5-10(9)8-17-12-7-3-6-11(15)13(12)14(16)18/h3,6-7,9-10,17H,2,4-5,8H2,1H3,(H2,16,18). The Morgan fingerprint density at radius 1 is 1.50 bits per heavy atom. The highest BCUT2D eigenvalue weighted by atomic mass is 35.5. The third-order valence-electron chi connectivity index (χ3n) is 3.85. The molecule has 0 amide bonds. The molecule has 98 valence electrons. The second-order valence-electron chi connectivity index (χ2n) is 5.08. The lowest BCUT2D eigenvalue weighted by atomic mass is 9.98. The van der Waals surface area contributed by atoms with Gasteiger partial charge in [0.05, 0.1) is 10.6 Å². The number of rotatable bonds is 4. The van der Waals surface area contributed by atoms with Crippen LogP contribution in [0, 0.1) is 11.8 Å². The van der Waals surface area contributed by atoms with E-state index in [1.165, 1.54) is 19.3 Å². The first-order valence-electron chi connectivity index (χ1n) is 6.41. The monoisotopic (exact) mass is 282 g/mol. The van der Waals surface area contributed by atoms with E-state index in [0.717, 1.165) is 29.6 Å². The summed E-state index contributed by atoms with van der Waals surface area (Å²) in [7, 11) is 0. The smallest absolute Gasteiger partial charge is 0.107 e. The maximum atomic E-state index is 6.14. The second kappa shape index (κ2) is 5.89. The second-order valence-corrected chi connectivity index (χ2v) is 5.92. The van der Waals surface area contributed by atoms with Crippen molar-refractivity contribution in [3.63, 3.8) is 0 Å². The van der Waals surface area contributed by atoms with Gasteiger partial charge in [0.15, 0.2) is 0 Å². The van der Waals surface area contributed by atoms with Crippen molar-refractivity contribution >= 4 is 34.5 Å². The van der Waals surface area contributed by atoms with Crippen molar-refractivity contribution in [2.24, 2.45) is 17.6 Å². The van der Waals surface area contributed by atoms with E-state index in [4.69, 9.17) is 29.6 Å². The van der Waals surface area contributed by atoms with Crippen molar-refractivity contribution in [2.45, 2.75) is 26.2 Å². The van der Waals surface area contributed by atoms with E-state index in [1.54, 1.807) is 0 Å². The van der Waals surface area contributed by atoms with E-state index in [-0.39, 0.29) is 0 Å². The number of nitrogens with one attached hydrogen (secondary N) is 1. The lowest BCUT2D eigenvalue weighted by molar-refractivity contribution is 0.439. The van der Waals surface area contributed by atoms with Crippen molar-refractivity contribution in [3.05, 3.63) is 28.8 Å². The van der Waals surface area contributed by atoms with Crippen LogP contribution >= 0.6 is 23.8 Å². The molecule has 0 spiro atoms. The van der Waals surface area contributed by atoms with Gasteiger partial charge < -0.3 is 11.1 Å². The summed E-state index contributed by atoms with van der Waals surface area (Å²) >= 11 is 11.2. The fourth-order valence-electron chi connectivity index (χ4n) is 2.69.